The summed E-state index contributed by atoms with van der Waals surface area (Å²) in [5, 5.41) is 9.03. The molecule has 0 heterocycles. The average molecular weight is 404 g/mol. The van der Waals surface area contributed by atoms with Gasteiger partial charge in [0.05, 0.1) is 4.90 Å². The number of sulfonamides is 1. The van der Waals surface area contributed by atoms with E-state index in [4.69, 9.17) is 16.7 Å². The first-order valence-electron chi connectivity index (χ1n) is 8.58. The van der Waals surface area contributed by atoms with Crippen LogP contribution < -0.4 is 4.72 Å². The molecule has 1 aromatic rings. The van der Waals surface area contributed by atoms with Crippen molar-refractivity contribution in [1.29, 1.82) is 0 Å². The molecule has 144 valence electrons. The summed E-state index contributed by atoms with van der Waals surface area (Å²) in [7, 11) is -3.73. The number of hydrogen-bond donors (Lipinski definition) is 2. The summed E-state index contributed by atoms with van der Waals surface area (Å²) >= 11 is 5.78. The maximum atomic E-state index is 14.2. The molecule has 0 aliphatic heterocycles. The molecule has 2 N–H and O–H groups in total. The number of halogens is 2. The van der Waals surface area contributed by atoms with Gasteiger partial charge in [0.2, 0.25) is 10.0 Å². The molecule has 1 fully saturated rings. The molecule has 1 aliphatic carbocycles. The van der Waals surface area contributed by atoms with E-state index in [0.29, 0.717) is 37.1 Å². The Labute approximate surface area is 158 Å². The third-order valence-corrected chi connectivity index (χ3v) is 6.26. The molecule has 0 spiro atoms. The summed E-state index contributed by atoms with van der Waals surface area (Å²) in [5.74, 6) is -1.26. The SMILES string of the molecule is O=C(O)CCC/C=C\CC1C(F)CCC1NS(=O)(=O)c1ccc(Cl)cc1. The highest BCUT2D eigenvalue weighted by molar-refractivity contribution is 7.89. The van der Waals surface area contributed by atoms with Crippen LogP contribution in [0.1, 0.15) is 38.5 Å². The maximum Gasteiger partial charge on any atom is 0.303 e. The van der Waals surface area contributed by atoms with E-state index in [2.05, 4.69) is 4.72 Å². The molecule has 1 saturated carbocycles. The van der Waals surface area contributed by atoms with Gasteiger partial charge in [-0.2, -0.15) is 0 Å². The van der Waals surface area contributed by atoms with Crippen LogP contribution in [-0.2, 0) is 14.8 Å². The van der Waals surface area contributed by atoms with E-state index >= 15 is 0 Å². The largest absolute Gasteiger partial charge is 0.481 e. The third-order valence-electron chi connectivity index (χ3n) is 4.50. The minimum Gasteiger partial charge on any atom is -0.481 e. The second-order valence-electron chi connectivity index (χ2n) is 6.43. The van der Waals surface area contributed by atoms with E-state index in [-0.39, 0.29) is 11.3 Å². The predicted molar refractivity (Wildman–Crippen MR) is 98.4 cm³/mol. The summed E-state index contributed by atoms with van der Waals surface area (Å²) < 4.78 is 41.8. The molecule has 0 radical (unpaired) electrons. The second-order valence-corrected chi connectivity index (χ2v) is 8.58. The lowest BCUT2D eigenvalue weighted by atomic mass is 9.98. The van der Waals surface area contributed by atoms with Gasteiger partial charge < -0.3 is 5.11 Å². The quantitative estimate of drug-likeness (QED) is 0.483. The Bertz CT molecular complexity index is 736. The standard InChI is InChI=1S/C18H23ClFNO4S/c19-13-7-9-14(10-8-13)26(24,25)21-17-12-11-16(20)15(17)5-3-1-2-4-6-18(22)23/h1,3,7-10,15-17,21H,2,4-6,11-12H2,(H,22,23)/b3-1-. The monoisotopic (exact) mass is 403 g/mol. The number of carbonyl (C=O) groups is 1. The van der Waals surface area contributed by atoms with Crippen LogP contribution >= 0.6 is 11.6 Å². The Kier molecular flexibility index (Phi) is 7.61. The van der Waals surface area contributed by atoms with Crippen LogP contribution in [0.15, 0.2) is 41.3 Å². The van der Waals surface area contributed by atoms with Crippen molar-refractivity contribution in [2.24, 2.45) is 5.92 Å². The highest BCUT2D eigenvalue weighted by Gasteiger charge is 2.37. The van der Waals surface area contributed by atoms with Crippen LogP contribution in [0.5, 0.6) is 0 Å². The van der Waals surface area contributed by atoms with Crippen LogP contribution in [0, 0.1) is 5.92 Å². The molecule has 0 aromatic heterocycles. The maximum absolute atomic E-state index is 14.2. The Morgan fingerprint density at radius 3 is 2.62 bits per heavy atom. The Morgan fingerprint density at radius 2 is 1.96 bits per heavy atom. The molecule has 3 atom stereocenters. The minimum absolute atomic E-state index is 0.100. The second kappa shape index (κ2) is 9.48. The van der Waals surface area contributed by atoms with Crippen molar-refractivity contribution < 1.29 is 22.7 Å². The summed E-state index contributed by atoms with van der Waals surface area (Å²) in [6.45, 7) is 0. The summed E-state index contributed by atoms with van der Waals surface area (Å²) in [6, 6.07) is 5.38. The predicted octanol–water partition coefficient (Wildman–Crippen LogP) is 3.94. The van der Waals surface area contributed by atoms with Gasteiger partial charge in [0.15, 0.2) is 0 Å². The third kappa shape index (κ3) is 6.07. The highest BCUT2D eigenvalue weighted by Crippen LogP contribution is 2.33. The number of hydrogen-bond acceptors (Lipinski definition) is 3. The van der Waals surface area contributed by atoms with Crippen molar-refractivity contribution in [3.63, 3.8) is 0 Å². The van der Waals surface area contributed by atoms with E-state index < -0.39 is 34.1 Å². The first kappa shape index (κ1) is 20.9. The number of carboxylic acid groups (broad SMARTS) is 1. The summed E-state index contributed by atoms with van der Waals surface area (Å²) in [6.07, 6.45) is 5.02. The van der Waals surface area contributed by atoms with Gasteiger partial charge in [0.25, 0.3) is 0 Å². The molecule has 26 heavy (non-hydrogen) atoms. The van der Waals surface area contributed by atoms with Crippen LogP contribution in [-0.4, -0.2) is 31.7 Å². The van der Waals surface area contributed by atoms with Gasteiger partial charge in [-0.3, -0.25) is 4.79 Å². The Balaban J connectivity index is 1.94. The van der Waals surface area contributed by atoms with Gasteiger partial charge in [-0.1, -0.05) is 23.8 Å². The van der Waals surface area contributed by atoms with E-state index in [1.165, 1.54) is 24.3 Å². The molecular weight excluding hydrogens is 381 g/mol. The number of benzene rings is 1. The molecule has 0 saturated heterocycles. The Hall–Kier alpha value is -1.44. The van der Waals surface area contributed by atoms with E-state index in [1.807, 2.05) is 12.2 Å². The molecule has 1 aromatic carbocycles. The minimum atomic E-state index is -3.73. The summed E-state index contributed by atoms with van der Waals surface area (Å²) in [4.78, 5) is 10.6. The zero-order valence-electron chi connectivity index (χ0n) is 14.3. The fourth-order valence-corrected chi connectivity index (χ4v) is 4.55. The van der Waals surface area contributed by atoms with Crippen molar-refractivity contribution in [2.45, 2.75) is 55.6 Å². The van der Waals surface area contributed by atoms with Crippen molar-refractivity contribution in [1.82, 2.24) is 4.72 Å². The van der Waals surface area contributed by atoms with Crippen LogP contribution in [0.2, 0.25) is 5.02 Å². The molecule has 2 rings (SSSR count). The number of allylic oxidation sites excluding steroid dienone is 2. The van der Waals surface area contributed by atoms with Gasteiger partial charge in [-0.05, 0) is 56.4 Å². The Morgan fingerprint density at radius 1 is 1.27 bits per heavy atom. The molecule has 0 bridgehead atoms. The number of alkyl halides is 1. The molecule has 8 heteroatoms. The van der Waals surface area contributed by atoms with Crippen molar-refractivity contribution in [3.8, 4) is 0 Å². The number of rotatable bonds is 9. The van der Waals surface area contributed by atoms with Gasteiger partial charge in [-0.25, -0.2) is 17.5 Å². The zero-order valence-corrected chi connectivity index (χ0v) is 15.8. The lowest BCUT2D eigenvalue weighted by molar-refractivity contribution is -0.137. The number of carboxylic acids is 1. The number of nitrogens with one attached hydrogen (secondary N) is 1. The van der Waals surface area contributed by atoms with Gasteiger partial charge in [0.1, 0.15) is 6.17 Å². The molecular formula is C18H23ClFNO4S. The van der Waals surface area contributed by atoms with Gasteiger partial charge in [-0.15, -0.1) is 0 Å². The highest BCUT2D eigenvalue weighted by atomic mass is 35.5. The van der Waals surface area contributed by atoms with Crippen LogP contribution in [0.25, 0.3) is 0 Å². The summed E-state index contributed by atoms with van der Waals surface area (Å²) in [5.41, 5.74) is 0. The molecule has 5 nitrogen and oxygen atoms in total. The zero-order chi connectivity index (χ0) is 19.2. The number of unbranched alkanes of at least 4 members (excludes halogenated alkanes) is 1. The number of aliphatic carboxylic acids is 1. The average Bonchev–Trinajstić information content (AvgIpc) is 2.90. The van der Waals surface area contributed by atoms with Crippen molar-refractivity contribution in [2.75, 3.05) is 0 Å². The lowest BCUT2D eigenvalue weighted by Gasteiger charge is -2.21. The lowest BCUT2D eigenvalue weighted by Crippen LogP contribution is -2.38. The van der Waals surface area contributed by atoms with Crippen molar-refractivity contribution in [3.05, 3.63) is 41.4 Å². The van der Waals surface area contributed by atoms with E-state index in [0.717, 1.165) is 0 Å². The fraction of sp³-hybridized carbons (Fsp3) is 0.500. The van der Waals surface area contributed by atoms with E-state index in [1.54, 1.807) is 0 Å². The topological polar surface area (TPSA) is 83.5 Å². The van der Waals surface area contributed by atoms with Gasteiger partial charge >= 0.3 is 5.97 Å². The molecule has 3 unspecified atom stereocenters. The first-order chi connectivity index (χ1) is 12.3. The van der Waals surface area contributed by atoms with E-state index in [9.17, 15) is 17.6 Å². The first-order valence-corrected chi connectivity index (χ1v) is 10.4. The normalized spacial score (nSPS) is 23.5. The fourth-order valence-electron chi connectivity index (χ4n) is 3.10. The van der Waals surface area contributed by atoms with Crippen LogP contribution in [0.4, 0.5) is 4.39 Å². The molecule has 1 aliphatic rings. The molecule has 0 amide bonds. The van der Waals surface area contributed by atoms with Gasteiger partial charge in [0, 0.05) is 23.4 Å². The van der Waals surface area contributed by atoms with Crippen LogP contribution in [0.3, 0.4) is 0 Å². The van der Waals surface area contributed by atoms with Crippen molar-refractivity contribution >= 4 is 27.6 Å². The smallest absolute Gasteiger partial charge is 0.303 e.